The summed E-state index contributed by atoms with van der Waals surface area (Å²) >= 11 is 0. The van der Waals surface area contributed by atoms with Crippen molar-refractivity contribution in [3.8, 4) is 11.5 Å². The van der Waals surface area contributed by atoms with E-state index in [9.17, 15) is 39.5 Å². The average Bonchev–Trinajstić information content (AvgIpc) is 3.00. The zero-order valence-electron chi connectivity index (χ0n) is 21.9. The molecule has 16 heteroatoms. The van der Waals surface area contributed by atoms with Gasteiger partial charge in [0.25, 0.3) is 0 Å². The molecule has 0 aromatic heterocycles. The van der Waals surface area contributed by atoms with Crippen molar-refractivity contribution in [3.05, 3.63) is 124 Å². The Bertz CT molecular complexity index is 2250. The zero-order chi connectivity index (χ0) is 33.4. The monoisotopic (exact) mass is 658 g/mol. The Kier molecular flexibility index (Phi) is 7.40. The first-order valence-electron chi connectivity index (χ1n) is 12.5. The summed E-state index contributed by atoms with van der Waals surface area (Å²) in [7, 11) is -3.14. The molecule has 6 rings (SSSR count). The molecule has 0 saturated heterocycles. The Labute approximate surface area is 247 Å². The second kappa shape index (κ2) is 11.0. The lowest BCUT2D eigenvalue weighted by atomic mass is 9.77. The van der Waals surface area contributed by atoms with Crippen molar-refractivity contribution in [1.29, 1.82) is 0 Å². The van der Waals surface area contributed by atoms with E-state index in [1.165, 1.54) is 0 Å². The molecule has 0 aliphatic carbocycles. The molecule has 234 valence electrons. The van der Waals surface area contributed by atoms with E-state index in [-0.39, 0.29) is 6.07 Å². The molecule has 0 atom stereocenters. The van der Waals surface area contributed by atoms with Crippen LogP contribution in [0.25, 0.3) is 32.3 Å². The van der Waals surface area contributed by atoms with Crippen molar-refractivity contribution in [3.63, 3.8) is 0 Å². The number of halogens is 13. The molecular weight excluding hydrogens is 650 g/mol. The first kappa shape index (κ1) is 30.9. The molecule has 0 amide bonds. The highest BCUT2D eigenvalue weighted by Gasteiger charge is 2.41. The molecule has 0 N–H and O–H groups in total. The van der Waals surface area contributed by atoms with Crippen LogP contribution in [0.5, 0.6) is 11.5 Å². The standard InChI is InChI=1S/C30H8BF13O2/c32-10-7-11-16(5-4-14(34)18(11)15(35)8-10)45-31(20-23(38)26(41)28(43)27(42)24(20)39)46-30-12-6-9-2-1-3-13(33)17(9)21(36)19(12)22(37)25(40)29(30)44/h1-8H. The maximum absolute atomic E-state index is 15.4. The highest BCUT2D eigenvalue weighted by Crippen LogP contribution is 2.40. The van der Waals surface area contributed by atoms with E-state index in [1.54, 1.807) is 0 Å². The molecule has 0 bridgehead atoms. The van der Waals surface area contributed by atoms with Gasteiger partial charge in [0.15, 0.2) is 40.7 Å². The Morgan fingerprint density at radius 3 is 1.72 bits per heavy atom. The van der Waals surface area contributed by atoms with Gasteiger partial charge in [-0.05, 0) is 35.7 Å². The summed E-state index contributed by atoms with van der Waals surface area (Å²) in [5.41, 5.74) is -2.03. The third-order valence-electron chi connectivity index (χ3n) is 6.98. The molecule has 0 aliphatic rings. The highest BCUT2D eigenvalue weighted by atomic mass is 19.2. The fraction of sp³-hybridized carbons (Fsp3) is 0. The summed E-state index contributed by atoms with van der Waals surface area (Å²) in [6, 6.07) is 5.22. The predicted octanol–water partition coefficient (Wildman–Crippen LogP) is 8.81. The second-order valence-electron chi connectivity index (χ2n) is 9.63. The molecule has 6 aromatic carbocycles. The van der Waals surface area contributed by atoms with E-state index in [1.807, 2.05) is 0 Å². The molecule has 0 fully saturated rings. The van der Waals surface area contributed by atoms with E-state index in [2.05, 4.69) is 0 Å². The largest absolute Gasteiger partial charge is 0.639 e. The Morgan fingerprint density at radius 1 is 0.435 bits per heavy atom. The maximum Gasteiger partial charge on any atom is 0.639 e. The summed E-state index contributed by atoms with van der Waals surface area (Å²) in [5.74, 6) is -30.1. The van der Waals surface area contributed by atoms with E-state index in [0.717, 1.165) is 18.2 Å². The lowest BCUT2D eigenvalue weighted by Gasteiger charge is -2.22. The fourth-order valence-electron chi connectivity index (χ4n) is 4.92. The van der Waals surface area contributed by atoms with Crippen LogP contribution >= 0.6 is 0 Å². The molecule has 0 heterocycles. The van der Waals surface area contributed by atoms with E-state index in [0.29, 0.717) is 24.3 Å². The Balaban J connectivity index is 1.66. The molecule has 6 aromatic rings. The predicted molar refractivity (Wildman–Crippen MR) is 138 cm³/mol. The third-order valence-corrected chi connectivity index (χ3v) is 6.98. The normalized spacial score (nSPS) is 11.6. The lowest BCUT2D eigenvalue weighted by molar-refractivity contribution is 0.371. The summed E-state index contributed by atoms with van der Waals surface area (Å²) in [6.07, 6.45) is 0. The van der Waals surface area contributed by atoms with Crippen LogP contribution in [0.1, 0.15) is 0 Å². The minimum absolute atomic E-state index is 0.234. The van der Waals surface area contributed by atoms with Gasteiger partial charge in [-0.3, -0.25) is 0 Å². The van der Waals surface area contributed by atoms with Crippen LogP contribution in [0, 0.1) is 75.6 Å². The molecule has 2 nitrogen and oxygen atoms in total. The summed E-state index contributed by atoms with van der Waals surface area (Å²) in [6.45, 7) is 0. The van der Waals surface area contributed by atoms with E-state index >= 15 is 17.6 Å². The quantitative estimate of drug-likeness (QED) is 0.0607. The van der Waals surface area contributed by atoms with Gasteiger partial charge < -0.3 is 9.31 Å². The van der Waals surface area contributed by atoms with Gasteiger partial charge in [-0.15, -0.1) is 0 Å². The van der Waals surface area contributed by atoms with Crippen LogP contribution in [0.15, 0.2) is 48.5 Å². The van der Waals surface area contributed by atoms with Gasteiger partial charge in [-0.2, -0.15) is 4.39 Å². The minimum atomic E-state index is -3.14. The third kappa shape index (κ3) is 4.61. The first-order valence-corrected chi connectivity index (χ1v) is 12.5. The molecule has 0 saturated carbocycles. The van der Waals surface area contributed by atoms with Gasteiger partial charge in [-0.1, -0.05) is 12.1 Å². The molecule has 0 unspecified atom stereocenters. The van der Waals surface area contributed by atoms with Crippen molar-refractivity contribution in [2.24, 2.45) is 0 Å². The summed E-state index contributed by atoms with van der Waals surface area (Å²) in [5, 5.41) is -5.68. The average molecular weight is 658 g/mol. The van der Waals surface area contributed by atoms with Crippen LogP contribution in [-0.2, 0) is 0 Å². The highest BCUT2D eigenvalue weighted by molar-refractivity contribution is 6.63. The van der Waals surface area contributed by atoms with Crippen molar-refractivity contribution >= 4 is 44.9 Å². The minimum Gasteiger partial charge on any atom is -0.521 e. The van der Waals surface area contributed by atoms with Crippen LogP contribution < -0.4 is 14.8 Å². The van der Waals surface area contributed by atoms with Crippen LogP contribution in [-0.4, -0.2) is 7.12 Å². The summed E-state index contributed by atoms with van der Waals surface area (Å²) in [4.78, 5) is 0. The lowest BCUT2D eigenvalue weighted by Crippen LogP contribution is -2.48. The number of rotatable bonds is 5. The number of fused-ring (bicyclic) bond motifs is 3. The molecule has 0 aliphatic heterocycles. The van der Waals surface area contributed by atoms with Gasteiger partial charge in [0.1, 0.15) is 40.6 Å². The molecular formula is C30H8BF13O2. The van der Waals surface area contributed by atoms with Gasteiger partial charge in [-0.25, -0.2) is 52.7 Å². The van der Waals surface area contributed by atoms with Crippen molar-refractivity contribution in [2.45, 2.75) is 0 Å². The van der Waals surface area contributed by atoms with Gasteiger partial charge >= 0.3 is 7.12 Å². The van der Waals surface area contributed by atoms with E-state index in [4.69, 9.17) is 9.31 Å². The zero-order valence-corrected chi connectivity index (χ0v) is 21.9. The van der Waals surface area contributed by atoms with Crippen molar-refractivity contribution in [1.82, 2.24) is 0 Å². The first-order chi connectivity index (χ1) is 21.7. The van der Waals surface area contributed by atoms with Gasteiger partial charge in [0.2, 0.25) is 5.82 Å². The van der Waals surface area contributed by atoms with Gasteiger partial charge in [0, 0.05) is 16.8 Å². The number of hydrogen-bond donors (Lipinski definition) is 0. The number of benzene rings is 6. The van der Waals surface area contributed by atoms with Gasteiger partial charge in [0.05, 0.1) is 21.6 Å². The molecule has 0 spiro atoms. The summed E-state index contributed by atoms with van der Waals surface area (Å²) < 4.78 is 201. The fourth-order valence-corrected chi connectivity index (χ4v) is 4.92. The van der Waals surface area contributed by atoms with Crippen LogP contribution in [0.2, 0.25) is 0 Å². The number of hydrogen-bond acceptors (Lipinski definition) is 2. The second-order valence-corrected chi connectivity index (χ2v) is 9.63. The van der Waals surface area contributed by atoms with E-state index < -0.39 is 132 Å². The molecule has 0 radical (unpaired) electrons. The smallest absolute Gasteiger partial charge is 0.521 e. The Hall–Kier alpha value is -5.15. The van der Waals surface area contributed by atoms with Crippen LogP contribution in [0.4, 0.5) is 57.1 Å². The molecule has 46 heavy (non-hydrogen) atoms. The SMILES string of the molecule is Fc1cc(F)c2c(F)ccc(OB(Oc3c(F)c(F)c(F)c4c(F)c5c(F)cccc5cc34)c3c(F)c(F)c(F)c(F)c3F)c2c1. The Morgan fingerprint density at radius 2 is 1.04 bits per heavy atom. The van der Waals surface area contributed by atoms with Crippen LogP contribution in [0.3, 0.4) is 0 Å². The van der Waals surface area contributed by atoms with Crippen molar-refractivity contribution < 1.29 is 66.4 Å². The topological polar surface area (TPSA) is 18.5 Å². The maximum atomic E-state index is 15.4. The van der Waals surface area contributed by atoms with Crippen molar-refractivity contribution in [2.75, 3.05) is 0 Å².